The molecule has 6 heteroatoms. The second-order valence-electron chi connectivity index (χ2n) is 6.12. The van der Waals surface area contributed by atoms with Gasteiger partial charge in [0, 0.05) is 32.1 Å². The van der Waals surface area contributed by atoms with Gasteiger partial charge in [-0.1, -0.05) is 12.8 Å². The topological polar surface area (TPSA) is 48.4 Å². The predicted octanol–water partition coefficient (Wildman–Crippen LogP) is 2.53. The van der Waals surface area contributed by atoms with Crippen molar-refractivity contribution >= 4 is 11.6 Å². The second kappa shape index (κ2) is 5.40. The molecule has 2 aliphatic rings. The fraction of sp³-hybridized carbons (Fsp3) is 0.667. The Balaban J connectivity index is 1.85. The number of aromatic nitrogens is 1. The monoisotopic (exact) mass is 297 g/mol. The third-order valence-electron chi connectivity index (χ3n) is 4.87. The number of nitrogens with zero attached hydrogens (tertiary/aromatic N) is 2. The molecular weight excluding hydrogens is 276 g/mol. The lowest BCUT2D eigenvalue weighted by Crippen LogP contribution is -2.53. The standard InChI is InChI=1S/C15H21F2N3O/c1-18-13-11(16)8-12(17)14(19-13)20-7-6-15(21)5-3-2-4-10(15)9-20/h8,10,21H,2-7,9H2,1H3,(H,18,19). The summed E-state index contributed by atoms with van der Waals surface area (Å²) in [5.74, 6) is -0.966. The van der Waals surface area contributed by atoms with E-state index in [2.05, 4.69) is 10.3 Å². The van der Waals surface area contributed by atoms with Crippen molar-refractivity contribution in [2.75, 3.05) is 30.4 Å². The zero-order chi connectivity index (χ0) is 15.0. The highest BCUT2D eigenvalue weighted by atomic mass is 19.1. The van der Waals surface area contributed by atoms with Gasteiger partial charge in [-0.2, -0.15) is 0 Å². The van der Waals surface area contributed by atoms with Gasteiger partial charge in [0.25, 0.3) is 0 Å². The van der Waals surface area contributed by atoms with Crippen LogP contribution in [0.4, 0.5) is 20.4 Å². The van der Waals surface area contributed by atoms with Gasteiger partial charge in [0.15, 0.2) is 23.3 Å². The number of aliphatic hydroxyl groups is 1. The molecule has 3 rings (SSSR count). The largest absolute Gasteiger partial charge is 0.389 e. The zero-order valence-corrected chi connectivity index (χ0v) is 12.2. The minimum atomic E-state index is -0.690. The fourth-order valence-corrected chi connectivity index (χ4v) is 3.62. The summed E-state index contributed by atoms with van der Waals surface area (Å²) < 4.78 is 27.5. The molecule has 2 unspecified atom stereocenters. The van der Waals surface area contributed by atoms with Gasteiger partial charge in [0.05, 0.1) is 5.60 Å². The Kier molecular flexibility index (Phi) is 3.73. The third-order valence-corrected chi connectivity index (χ3v) is 4.87. The molecule has 1 aromatic heterocycles. The van der Waals surface area contributed by atoms with E-state index < -0.39 is 17.2 Å². The van der Waals surface area contributed by atoms with Crippen LogP contribution in [0.15, 0.2) is 6.07 Å². The van der Waals surface area contributed by atoms with E-state index in [1.54, 1.807) is 7.05 Å². The van der Waals surface area contributed by atoms with E-state index in [-0.39, 0.29) is 17.6 Å². The van der Waals surface area contributed by atoms with Gasteiger partial charge in [-0.3, -0.25) is 0 Å². The van der Waals surface area contributed by atoms with Crippen LogP contribution in [0.2, 0.25) is 0 Å². The van der Waals surface area contributed by atoms with Gasteiger partial charge in [-0.05, 0) is 19.3 Å². The average Bonchev–Trinajstić information content (AvgIpc) is 2.47. The molecule has 2 heterocycles. The van der Waals surface area contributed by atoms with Crippen LogP contribution in [0.25, 0.3) is 0 Å². The van der Waals surface area contributed by atoms with Crippen molar-refractivity contribution in [1.29, 1.82) is 0 Å². The first-order valence-electron chi connectivity index (χ1n) is 7.54. The Morgan fingerprint density at radius 3 is 2.90 bits per heavy atom. The first kappa shape index (κ1) is 14.5. The van der Waals surface area contributed by atoms with Crippen LogP contribution in [0.1, 0.15) is 32.1 Å². The summed E-state index contributed by atoms with van der Waals surface area (Å²) in [7, 11) is 1.56. The van der Waals surface area contributed by atoms with Crippen molar-refractivity contribution in [3.8, 4) is 0 Å². The quantitative estimate of drug-likeness (QED) is 0.881. The summed E-state index contributed by atoms with van der Waals surface area (Å²) in [6.45, 7) is 1.13. The molecule has 0 spiro atoms. The number of hydrogen-bond donors (Lipinski definition) is 2. The lowest BCUT2D eigenvalue weighted by atomic mass is 9.71. The zero-order valence-electron chi connectivity index (χ0n) is 12.2. The molecule has 0 bridgehead atoms. The lowest BCUT2D eigenvalue weighted by Gasteiger charge is -2.47. The van der Waals surface area contributed by atoms with Crippen molar-refractivity contribution in [1.82, 2.24) is 4.98 Å². The summed E-state index contributed by atoms with van der Waals surface area (Å²) >= 11 is 0. The molecule has 1 aliphatic carbocycles. The van der Waals surface area contributed by atoms with Gasteiger partial charge in [0.1, 0.15) is 0 Å². The summed E-state index contributed by atoms with van der Waals surface area (Å²) in [4.78, 5) is 5.89. The predicted molar refractivity (Wildman–Crippen MR) is 77.4 cm³/mol. The normalized spacial score (nSPS) is 29.1. The molecule has 116 valence electrons. The number of fused-ring (bicyclic) bond motifs is 1. The van der Waals surface area contributed by atoms with Crippen molar-refractivity contribution in [2.45, 2.75) is 37.7 Å². The summed E-state index contributed by atoms with van der Waals surface area (Å²) in [6.07, 6.45) is 4.55. The van der Waals surface area contributed by atoms with Crippen molar-refractivity contribution < 1.29 is 13.9 Å². The van der Waals surface area contributed by atoms with E-state index in [0.717, 1.165) is 31.7 Å². The van der Waals surface area contributed by atoms with Gasteiger partial charge in [-0.25, -0.2) is 13.8 Å². The molecule has 4 nitrogen and oxygen atoms in total. The van der Waals surface area contributed by atoms with Crippen LogP contribution in [-0.2, 0) is 0 Å². The van der Waals surface area contributed by atoms with E-state index in [9.17, 15) is 13.9 Å². The van der Waals surface area contributed by atoms with E-state index in [0.29, 0.717) is 19.5 Å². The Bertz CT molecular complexity index is 540. The van der Waals surface area contributed by atoms with E-state index >= 15 is 0 Å². The van der Waals surface area contributed by atoms with Gasteiger partial charge >= 0.3 is 0 Å². The summed E-state index contributed by atoms with van der Waals surface area (Å²) in [6, 6.07) is 0.871. The minimum Gasteiger partial charge on any atom is -0.389 e. The molecule has 21 heavy (non-hydrogen) atoms. The maximum atomic E-state index is 14.0. The number of hydrogen-bond acceptors (Lipinski definition) is 4. The Hall–Kier alpha value is -1.43. The highest BCUT2D eigenvalue weighted by molar-refractivity contribution is 5.49. The first-order valence-corrected chi connectivity index (χ1v) is 7.54. The average molecular weight is 297 g/mol. The van der Waals surface area contributed by atoms with Gasteiger partial charge in [0.2, 0.25) is 0 Å². The Labute approximate surface area is 123 Å². The number of anilines is 2. The molecule has 1 aromatic rings. The molecule has 1 aliphatic heterocycles. The maximum absolute atomic E-state index is 14.0. The van der Waals surface area contributed by atoms with E-state index in [1.165, 1.54) is 0 Å². The van der Waals surface area contributed by atoms with Crippen molar-refractivity contribution in [3.63, 3.8) is 0 Å². The van der Waals surface area contributed by atoms with Crippen LogP contribution < -0.4 is 10.2 Å². The molecule has 0 aromatic carbocycles. The van der Waals surface area contributed by atoms with Crippen molar-refractivity contribution in [2.24, 2.45) is 5.92 Å². The van der Waals surface area contributed by atoms with Crippen LogP contribution >= 0.6 is 0 Å². The Morgan fingerprint density at radius 2 is 2.14 bits per heavy atom. The molecule has 2 fully saturated rings. The van der Waals surface area contributed by atoms with Gasteiger partial charge in [-0.15, -0.1) is 0 Å². The van der Waals surface area contributed by atoms with Crippen molar-refractivity contribution in [3.05, 3.63) is 17.7 Å². The molecular formula is C15H21F2N3O. The number of rotatable bonds is 2. The Morgan fingerprint density at radius 1 is 1.33 bits per heavy atom. The lowest BCUT2D eigenvalue weighted by molar-refractivity contribution is -0.0614. The van der Waals surface area contributed by atoms with Crippen LogP contribution in [0.5, 0.6) is 0 Å². The molecule has 2 atom stereocenters. The minimum absolute atomic E-state index is 0.0517. The maximum Gasteiger partial charge on any atom is 0.168 e. The highest BCUT2D eigenvalue weighted by Crippen LogP contribution is 2.41. The molecule has 1 saturated carbocycles. The fourth-order valence-electron chi connectivity index (χ4n) is 3.62. The smallest absolute Gasteiger partial charge is 0.168 e. The number of piperidine rings is 1. The molecule has 2 N–H and O–H groups in total. The summed E-state index contributed by atoms with van der Waals surface area (Å²) in [5.41, 5.74) is -0.614. The van der Waals surface area contributed by atoms with E-state index in [4.69, 9.17) is 0 Å². The number of halogens is 2. The third kappa shape index (κ3) is 2.57. The number of pyridine rings is 1. The first-order chi connectivity index (χ1) is 10.0. The SMILES string of the molecule is CNc1nc(N2CCC3(O)CCCCC3C2)c(F)cc1F. The van der Waals surface area contributed by atoms with Crippen LogP contribution in [0, 0.1) is 17.6 Å². The van der Waals surface area contributed by atoms with Gasteiger partial charge < -0.3 is 15.3 Å². The molecule has 1 saturated heterocycles. The second-order valence-corrected chi connectivity index (χ2v) is 6.12. The van der Waals surface area contributed by atoms with Crippen LogP contribution in [0.3, 0.4) is 0 Å². The molecule has 0 radical (unpaired) electrons. The van der Waals surface area contributed by atoms with E-state index in [1.807, 2.05) is 4.90 Å². The summed E-state index contributed by atoms with van der Waals surface area (Å²) in [5, 5.41) is 13.3. The molecule has 0 amide bonds. The van der Waals surface area contributed by atoms with Crippen LogP contribution in [-0.4, -0.2) is 35.8 Å². The number of nitrogens with one attached hydrogen (secondary N) is 1. The highest BCUT2D eigenvalue weighted by Gasteiger charge is 2.43.